The second kappa shape index (κ2) is 15.4. The maximum Gasteiger partial charge on any atom is 0.106 e. The van der Waals surface area contributed by atoms with Crippen molar-refractivity contribution in [2.45, 2.75) is 84.0 Å². The summed E-state index contributed by atoms with van der Waals surface area (Å²) in [5.41, 5.74) is 0. The monoisotopic (exact) mass is 238 g/mol. The van der Waals surface area contributed by atoms with Crippen LogP contribution in [0.25, 0.3) is 0 Å². The van der Waals surface area contributed by atoms with Gasteiger partial charge in [-0.05, 0) is 6.42 Å². The average molecular weight is 238 g/mol. The summed E-state index contributed by atoms with van der Waals surface area (Å²) in [6, 6.07) is 0. The molecule has 0 saturated carbocycles. The third-order valence-corrected chi connectivity index (χ3v) is 3.18. The Bertz CT molecular complexity index is 169. The summed E-state index contributed by atoms with van der Waals surface area (Å²) in [5.74, 6) is 0. The molecule has 1 heteroatoms. The molecule has 0 saturated heterocycles. The molecule has 0 aliphatic carbocycles. The minimum absolute atomic E-state index is 0.730. The molecule has 0 N–H and O–H groups in total. The molecule has 17 heavy (non-hydrogen) atoms. The van der Waals surface area contributed by atoms with Crippen LogP contribution in [0.3, 0.4) is 0 Å². The smallest absolute Gasteiger partial charge is 0.106 e. The Labute approximate surface area is 108 Å². The molecule has 100 valence electrons. The molecule has 1 nitrogen and oxygen atoms in total. The molecule has 0 fully saturated rings. The SMILES string of the molecule is C#COCCCCCCCCCCCCCC. The molecule has 0 amide bonds. The lowest BCUT2D eigenvalue weighted by Gasteiger charge is -2.02. The van der Waals surface area contributed by atoms with Gasteiger partial charge in [0, 0.05) is 0 Å². The van der Waals surface area contributed by atoms with Crippen LogP contribution in [-0.4, -0.2) is 6.61 Å². The fourth-order valence-electron chi connectivity index (χ4n) is 2.07. The molecule has 0 radical (unpaired) electrons. The predicted molar refractivity (Wildman–Crippen MR) is 75.9 cm³/mol. The van der Waals surface area contributed by atoms with Gasteiger partial charge < -0.3 is 4.74 Å². The van der Waals surface area contributed by atoms with E-state index in [0.29, 0.717) is 0 Å². The van der Waals surface area contributed by atoms with E-state index in [4.69, 9.17) is 11.2 Å². The lowest BCUT2D eigenvalue weighted by molar-refractivity contribution is 0.267. The normalized spacial score (nSPS) is 10.1. The van der Waals surface area contributed by atoms with E-state index >= 15 is 0 Å². The topological polar surface area (TPSA) is 9.23 Å². The van der Waals surface area contributed by atoms with E-state index in [9.17, 15) is 0 Å². The summed E-state index contributed by atoms with van der Waals surface area (Å²) in [6.45, 7) is 3.00. The Hall–Kier alpha value is -0.640. The summed E-state index contributed by atoms with van der Waals surface area (Å²) in [5, 5.41) is 0. The maximum atomic E-state index is 5.00. The third kappa shape index (κ3) is 15.4. The molecule has 0 aliphatic rings. The van der Waals surface area contributed by atoms with Crippen LogP contribution in [0.2, 0.25) is 0 Å². The van der Waals surface area contributed by atoms with E-state index in [1.165, 1.54) is 70.6 Å². The van der Waals surface area contributed by atoms with Crippen molar-refractivity contribution in [1.29, 1.82) is 0 Å². The van der Waals surface area contributed by atoms with Gasteiger partial charge in [0.15, 0.2) is 0 Å². The molecule has 0 unspecified atom stereocenters. The van der Waals surface area contributed by atoms with Crippen molar-refractivity contribution in [2.24, 2.45) is 0 Å². The summed E-state index contributed by atoms with van der Waals surface area (Å²) >= 11 is 0. The minimum Gasteiger partial charge on any atom is -0.447 e. The van der Waals surface area contributed by atoms with E-state index in [1.807, 2.05) is 0 Å². The van der Waals surface area contributed by atoms with Crippen molar-refractivity contribution < 1.29 is 4.74 Å². The van der Waals surface area contributed by atoms with Crippen LogP contribution in [0.1, 0.15) is 84.0 Å². The Kier molecular flexibility index (Phi) is 14.8. The Morgan fingerprint density at radius 3 is 1.53 bits per heavy atom. The summed E-state index contributed by atoms with van der Waals surface area (Å²) < 4.78 is 4.85. The number of unbranched alkanes of at least 4 members (excludes halogenated alkanes) is 11. The molecule has 0 rings (SSSR count). The predicted octanol–water partition coefficient (Wildman–Crippen LogP) is 5.29. The molecule has 0 bridgehead atoms. The summed E-state index contributed by atoms with van der Waals surface area (Å²) in [6.07, 6.45) is 23.6. The van der Waals surface area contributed by atoms with E-state index in [1.54, 1.807) is 0 Å². The molecule has 0 aromatic rings. The Balaban J connectivity index is 2.87. The van der Waals surface area contributed by atoms with Crippen LogP contribution < -0.4 is 0 Å². The first-order valence-electron chi connectivity index (χ1n) is 7.49. The zero-order chi connectivity index (χ0) is 12.6. The van der Waals surface area contributed by atoms with Gasteiger partial charge in [-0.25, -0.2) is 0 Å². The van der Waals surface area contributed by atoms with Crippen molar-refractivity contribution in [3.8, 4) is 12.5 Å². The molecular formula is C16H30O. The number of terminal acetylenes is 1. The molecule has 0 aromatic heterocycles. The summed E-state index contributed by atoms with van der Waals surface area (Å²) in [4.78, 5) is 0. The largest absolute Gasteiger partial charge is 0.447 e. The first-order valence-corrected chi connectivity index (χ1v) is 7.49. The van der Waals surface area contributed by atoms with Crippen LogP contribution in [-0.2, 0) is 4.74 Å². The number of hydrogen-bond donors (Lipinski definition) is 0. The van der Waals surface area contributed by atoms with Crippen LogP contribution in [0, 0.1) is 12.5 Å². The van der Waals surface area contributed by atoms with Crippen LogP contribution >= 0.6 is 0 Å². The van der Waals surface area contributed by atoms with Crippen molar-refractivity contribution in [3.05, 3.63) is 0 Å². The van der Waals surface area contributed by atoms with Gasteiger partial charge in [0.05, 0.1) is 0 Å². The van der Waals surface area contributed by atoms with Crippen molar-refractivity contribution >= 4 is 0 Å². The average Bonchev–Trinajstić information content (AvgIpc) is 2.35. The van der Waals surface area contributed by atoms with Gasteiger partial charge in [0.1, 0.15) is 12.7 Å². The number of rotatable bonds is 13. The molecule has 0 atom stereocenters. The highest BCUT2D eigenvalue weighted by Gasteiger charge is 1.93. The van der Waals surface area contributed by atoms with Crippen LogP contribution in [0.4, 0.5) is 0 Å². The fourth-order valence-corrected chi connectivity index (χ4v) is 2.07. The minimum atomic E-state index is 0.730. The molecule has 0 aliphatic heterocycles. The first-order chi connectivity index (χ1) is 8.41. The van der Waals surface area contributed by atoms with E-state index in [-0.39, 0.29) is 0 Å². The highest BCUT2D eigenvalue weighted by atomic mass is 16.5. The second-order valence-electron chi connectivity index (χ2n) is 4.86. The van der Waals surface area contributed by atoms with E-state index in [0.717, 1.165) is 13.0 Å². The highest BCUT2D eigenvalue weighted by Crippen LogP contribution is 2.11. The Morgan fingerprint density at radius 1 is 0.706 bits per heavy atom. The standard InChI is InChI=1S/C16H30O/c1-3-5-6-7-8-9-10-11-12-13-14-15-16-17-4-2/h2H,3,5-16H2,1H3. The van der Waals surface area contributed by atoms with E-state index in [2.05, 4.69) is 13.0 Å². The van der Waals surface area contributed by atoms with Gasteiger partial charge in [-0.2, -0.15) is 0 Å². The van der Waals surface area contributed by atoms with Crippen molar-refractivity contribution in [3.63, 3.8) is 0 Å². The highest BCUT2D eigenvalue weighted by molar-refractivity contribution is 4.67. The quantitative estimate of drug-likeness (QED) is 0.313. The lowest BCUT2D eigenvalue weighted by atomic mass is 10.1. The molecule has 0 spiro atoms. The molecular weight excluding hydrogens is 208 g/mol. The van der Waals surface area contributed by atoms with Gasteiger partial charge in [-0.3, -0.25) is 0 Å². The van der Waals surface area contributed by atoms with Crippen LogP contribution in [0.5, 0.6) is 0 Å². The number of hydrogen-bond acceptors (Lipinski definition) is 1. The van der Waals surface area contributed by atoms with Gasteiger partial charge in [-0.15, -0.1) is 0 Å². The Morgan fingerprint density at radius 2 is 1.12 bits per heavy atom. The first kappa shape index (κ1) is 16.4. The van der Waals surface area contributed by atoms with Crippen molar-refractivity contribution in [1.82, 2.24) is 0 Å². The lowest BCUT2D eigenvalue weighted by Crippen LogP contribution is -1.88. The number of ether oxygens (including phenoxy) is 1. The fraction of sp³-hybridized carbons (Fsp3) is 0.875. The van der Waals surface area contributed by atoms with Gasteiger partial charge >= 0.3 is 0 Å². The van der Waals surface area contributed by atoms with Crippen LogP contribution in [0.15, 0.2) is 0 Å². The van der Waals surface area contributed by atoms with Gasteiger partial charge in [-0.1, -0.05) is 84.0 Å². The van der Waals surface area contributed by atoms with Crippen molar-refractivity contribution in [2.75, 3.05) is 6.61 Å². The molecule has 0 aromatic carbocycles. The van der Waals surface area contributed by atoms with Gasteiger partial charge in [0.25, 0.3) is 0 Å². The van der Waals surface area contributed by atoms with Gasteiger partial charge in [0.2, 0.25) is 0 Å². The second-order valence-corrected chi connectivity index (χ2v) is 4.86. The summed E-state index contributed by atoms with van der Waals surface area (Å²) in [7, 11) is 0. The van der Waals surface area contributed by atoms with E-state index < -0.39 is 0 Å². The molecule has 0 heterocycles. The maximum absolute atomic E-state index is 5.00. The third-order valence-electron chi connectivity index (χ3n) is 3.18. The zero-order valence-electron chi connectivity index (χ0n) is 11.7. The zero-order valence-corrected chi connectivity index (χ0v) is 11.7.